The molecule has 1 aromatic rings. The van der Waals surface area contributed by atoms with E-state index in [0.717, 1.165) is 18.5 Å². The van der Waals surface area contributed by atoms with Crippen molar-refractivity contribution in [2.45, 2.75) is 18.9 Å². The van der Waals surface area contributed by atoms with Gasteiger partial charge in [-0.15, -0.1) is 12.4 Å². The Morgan fingerprint density at radius 1 is 1.73 bits per heavy atom. The van der Waals surface area contributed by atoms with E-state index in [1.54, 1.807) is 0 Å². The number of hydrogen-bond donors (Lipinski definition) is 1. The number of nitrogens with two attached hydrogens (primary N) is 1. The van der Waals surface area contributed by atoms with E-state index in [0.29, 0.717) is 0 Å². The molecule has 2 N–H and O–H groups in total. The summed E-state index contributed by atoms with van der Waals surface area (Å²) in [7, 11) is 2.02. The molecule has 1 heterocycles. The number of rotatable bonds is 0. The highest BCUT2D eigenvalue weighted by molar-refractivity contribution is 5.85. The molecule has 62 valence electrons. The van der Waals surface area contributed by atoms with E-state index in [2.05, 4.69) is 9.55 Å². The monoisotopic (exact) mass is 173 g/mol. The van der Waals surface area contributed by atoms with Crippen LogP contribution in [0.15, 0.2) is 6.33 Å². The van der Waals surface area contributed by atoms with E-state index in [-0.39, 0.29) is 18.4 Å². The van der Waals surface area contributed by atoms with Crippen molar-refractivity contribution in [2.24, 2.45) is 12.8 Å². The third-order valence-electron chi connectivity index (χ3n) is 2.13. The van der Waals surface area contributed by atoms with Crippen molar-refractivity contribution < 1.29 is 0 Å². The molecule has 0 bridgehead atoms. The fourth-order valence-corrected chi connectivity index (χ4v) is 1.52. The van der Waals surface area contributed by atoms with Crippen LogP contribution in [0.25, 0.3) is 0 Å². The number of imidazole rings is 1. The Balaban J connectivity index is 0.000000605. The first-order chi connectivity index (χ1) is 4.79. The normalized spacial score (nSPS) is 21.1. The van der Waals surface area contributed by atoms with E-state index in [1.807, 2.05) is 13.4 Å². The molecular formula is C7H12ClN3. The zero-order valence-corrected chi connectivity index (χ0v) is 7.27. The summed E-state index contributed by atoms with van der Waals surface area (Å²) in [5.74, 6) is 0. The number of hydrogen-bond acceptors (Lipinski definition) is 2. The maximum Gasteiger partial charge on any atom is 0.0949 e. The Morgan fingerprint density at radius 3 is 3.09 bits per heavy atom. The number of aromatic nitrogens is 2. The predicted molar refractivity (Wildman–Crippen MR) is 45.7 cm³/mol. The second kappa shape index (κ2) is 2.83. The summed E-state index contributed by atoms with van der Waals surface area (Å²) in [6.45, 7) is 0. The second-order valence-electron chi connectivity index (χ2n) is 2.83. The average Bonchev–Trinajstić information content (AvgIpc) is 2.41. The molecule has 1 aliphatic rings. The summed E-state index contributed by atoms with van der Waals surface area (Å²) < 4.78 is 2.06. The minimum atomic E-state index is 0. The van der Waals surface area contributed by atoms with E-state index in [4.69, 9.17) is 5.73 Å². The lowest BCUT2D eigenvalue weighted by Crippen LogP contribution is -2.05. The Morgan fingerprint density at radius 2 is 2.45 bits per heavy atom. The molecule has 1 aromatic heterocycles. The number of aryl methyl sites for hydroxylation is 1. The fourth-order valence-electron chi connectivity index (χ4n) is 1.52. The molecule has 11 heavy (non-hydrogen) atoms. The van der Waals surface area contributed by atoms with Crippen molar-refractivity contribution in [1.82, 2.24) is 9.55 Å². The zero-order chi connectivity index (χ0) is 7.14. The molecule has 0 radical (unpaired) electrons. The van der Waals surface area contributed by atoms with Gasteiger partial charge in [0.25, 0.3) is 0 Å². The quantitative estimate of drug-likeness (QED) is 0.631. The minimum absolute atomic E-state index is 0. The van der Waals surface area contributed by atoms with E-state index >= 15 is 0 Å². The van der Waals surface area contributed by atoms with Gasteiger partial charge in [-0.1, -0.05) is 0 Å². The van der Waals surface area contributed by atoms with Gasteiger partial charge < -0.3 is 10.3 Å². The van der Waals surface area contributed by atoms with Gasteiger partial charge >= 0.3 is 0 Å². The minimum Gasteiger partial charge on any atom is -0.337 e. The first-order valence-corrected chi connectivity index (χ1v) is 3.54. The van der Waals surface area contributed by atoms with Crippen LogP contribution in [0.1, 0.15) is 23.9 Å². The van der Waals surface area contributed by atoms with Gasteiger partial charge in [0.2, 0.25) is 0 Å². The van der Waals surface area contributed by atoms with E-state index in [1.165, 1.54) is 5.69 Å². The predicted octanol–water partition coefficient (Wildman–Crippen LogP) is 0.788. The molecule has 0 saturated heterocycles. The molecule has 0 saturated carbocycles. The van der Waals surface area contributed by atoms with Crippen molar-refractivity contribution in [2.75, 3.05) is 0 Å². The van der Waals surface area contributed by atoms with Crippen LogP contribution in [0.2, 0.25) is 0 Å². The van der Waals surface area contributed by atoms with Crippen LogP contribution in [0, 0.1) is 0 Å². The Hall–Kier alpha value is -0.540. The van der Waals surface area contributed by atoms with Crippen LogP contribution in [-0.2, 0) is 13.5 Å². The maximum atomic E-state index is 5.78. The molecule has 1 aliphatic carbocycles. The lowest BCUT2D eigenvalue weighted by Gasteiger charge is -1.95. The molecule has 0 unspecified atom stereocenters. The molecule has 0 spiro atoms. The molecular weight excluding hydrogens is 162 g/mol. The van der Waals surface area contributed by atoms with Crippen LogP contribution in [0.5, 0.6) is 0 Å². The number of halogens is 1. The van der Waals surface area contributed by atoms with Gasteiger partial charge in [-0.2, -0.15) is 0 Å². The molecule has 0 fully saturated rings. The van der Waals surface area contributed by atoms with Gasteiger partial charge in [-0.25, -0.2) is 4.98 Å². The highest BCUT2D eigenvalue weighted by Gasteiger charge is 2.22. The lowest BCUT2D eigenvalue weighted by atomic mass is 10.3. The summed E-state index contributed by atoms with van der Waals surface area (Å²) in [5, 5.41) is 0. The van der Waals surface area contributed by atoms with Crippen LogP contribution in [0.4, 0.5) is 0 Å². The van der Waals surface area contributed by atoms with Gasteiger partial charge in [-0.3, -0.25) is 0 Å². The van der Waals surface area contributed by atoms with Crippen molar-refractivity contribution in [3.63, 3.8) is 0 Å². The van der Waals surface area contributed by atoms with Crippen LogP contribution < -0.4 is 5.73 Å². The Kier molecular flexibility index (Phi) is 2.20. The van der Waals surface area contributed by atoms with Crippen molar-refractivity contribution in [3.8, 4) is 0 Å². The first-order valence-electron chi connectivity index (χ1n) is 3.54. The molecule has 0 amide bonds. The van der Waals surface area contributed by atoms with Gasteiger partial charge in [0.05, 0.1) is 12.0 Å². The van der Waals surface area contributed by atoms with Gasteiger partial charge in [0.1, 0.15) is 0 Å². The van der Waals surface area contributed by atoms with Crippen molar-refractivity contribution >= 4 is 12.4 Å². The number of nitrogens with zero attached hydrogens (tertiary/aromatic N) is 2. The smallest absolute Gasteiger partial charge is 0.0949 e. The summed E-state index contributed by atoms with van der Waals surface area (Å²) in [4.78, 5) is 4.22. The Bertz CT molecular complexity index is 256. The van der Waals surface area contributed by atoms with Crippen LogP contribution >= 0.6 is 12.4 Å². The molecule has 0 aliphatic heterocycles. The van der Waals surface area contributed by atoms with Gasteiger partial charge in [-0.05, 0) is 12.8 Å². The highest BCUT2D eigenvalue weighted by atomic mass is 35.5. The molecule has 0 aromatic carbocycles. The van der Waals surface area contributed by atoms with E-state index in [9.17, 15) is 0 Å². The lowest BCUT2D eigenvalue weighted by molar-refractivity contribution is 0.684. The van der Waals surface area contributed by atoms with Crippen LogP contribution in [-0.4, -0.2) is 9.55 Å². The molecule has 2 rings (SSSR count). The maximum absolute atomic E-state index is 5.78. The van der Waals surface area contributed by atoms with Gasteiger partial charge in [0, 0.05) is 18.8 Å². The highest BCUT2D eigenvalue weighted by Crippen LogP contribution is 2.26. The molecule has 3 nitrogen and oxygen atoms in total. The average molecular weight is 174 g/mol. The summed E-state index contributed by atoms with van der Waals surface area (Å²) in [6.07, 6.45) is 3.99. The summed E-state index contributed by atoms with van der Waals surface area (Å²) in [6, 6.07) is 0.191. The zero-order valence-electron chi connectivity index (χ0n) is 6.45. The van der Waals surface area contributed by atoms with Gasteiger partial charge in [0.15, 0.2) is 0 Å². The topological polar surface area (TPSA) is 43.8 Å². The Labute approximate surface area is 72.0 Å². The van der Waals surface area contributed by atoms with Crippen LogP contribution in [0.3, 0.4) is 0 Å². The molecule has 1 atom stereocenters. The third kappa shape index (κ3) is 1.14. The largest absolute Gasteiger partial charge is 0.337 e. The first kappa shape index (κ1) is 8.56. The summed E-state index contributed by atoms with van der Waals surface area (Å²) >= 11 is 0. The van der Waals surface area contributed by atoms with Crippen molar-refractivity contribution in [3.05, 3.63) is 17.7 Å². The standard InChI is InChI=1S/C7H11N3.ClH/c1-10-4-9-7-5(8)2-3-6(7)10;/h4-5H,2-3,8H2,1H3;1H/t5-;/m1./s1. The SMILES string of the molecule is Cl.Cn1cnc2c1CC[C@H]2N. The molecule has 4 heteroatoms. The fraction of sp³-hybridized carbons (Fsp3) is 0.571. The third-order valence-corrected chi connectivity index (χ3v) is 2.13. The summed E-state index contributed by atoms with van der Waals surface area (Å²) in [5.41, 5.74) is 8.20. The van der Waals surface area contributed by atoms with E-state index < -0.39 is 0 Å². The second-order valence-corrected chi connectivity index (χ2v) is 2.83. The number of fused-ring (bicyclic) bond motifs is 1. The van der Waals surface area contributed by atoms with Crippen molar-refractivity contribution in [1.29, 1.82) is 0 Å².